The molecule has 0 unspecified atom stereocenters. The van der Waals surface area contributed by atoms with Gasteiger partial charge in [0.2, 0.25) is 0 Å². The zero-order valence-corrected chi connectivity index (χ0v) is 11.0. The molecule has 0 amide bonds. The van der Waals surface area contributed by atoms with Gasteiger partial charge in [0.05, 0.1) is 0 Å². The Labute approximate surface area is 110 Å². The van der Waals surface area contributed by atoms with E-state index >= 15 is 0 Å². The standard InChI is InChI=1S/C17H21N/c1-15-7-5-10-16(13-15)11-6-12-18-14-17-8-3-2-4-9-17/h2-5,7-10,13,18H,6,11-12,14H2,1H3. The van der Waals surface area contributed by atoms with Crippen LogP contribution in [0.5, 0.6) is 0 Å². The van der Waals surface area contributed by atoms with Gasteiger partial charge >= 0.3 is 0 Å². The van der Waals surface area contributed by atoms with Gasteiger partial charge in [-0.3, -0.25) is 0 Å². The molecule has 0 saturated heterocycles. The van der Waals surface area contributed by atoms with Crippen molar-refractivity contribution in [2.45, 2.75) is 26.3 Å². The number of aryl methyl sites for hydroxylation is 2. The summed E-state index contributed by atoms with van der Waals surface area (Å²) in [5.41, 5.74) is 4.15. The highest BCUT2D eigenvalue weighted by Gasteiger charge is 1.94. The van der Waals surface area contributed by atoms with Gasteiger partial charge < -0.3 is 5.32 Å². The van der Waals surface area contributed by atoms with Gasteiger partial charge in [-0.15, -0.1) is 0 Å². The quantitative estimate of drug-likeness (QED) is 0.758. The molecule has 2 rings (SSSR count). The Morgan fingerprint density at radius 1 is 0.889 bits per heavy atom. The zero-order valence-electron chi connectivity index (χ0n) is 11.0. The Morgan fingerprint density at radius 3 is 2.44 bits per heavy atom. The van der Waals surface area contributed by atoms with E-state index in [4.69, 9.17) is 0 Å². The summed E-state index contributed by atoms with van der Waals surface area (Å²) in [6.45, 7) is 4.19. The third-order valence-corrected chi connectivity index (χ3v) is 3.07. The van der Waals surface area contributed by atoms with E-state index in [1.165, 1.54) is 23.1 Å². The summed E-state index contributed by atoms with van der Waals surface area (Å²) in [7, 11) is 0. The van der Waals surface area contributed by atoms with Gasteiger partial charge in [-0.25, -0.2) is 0 Å². The summed E-state index contributed by atoms with van der Waals surface area (Å²) < 4.78 is 0. The SMILES string of the molecule is Cc1cccc(CCCNCc2ccccc2)c1. The average Bonchev–Trinajstić information content (AvgIpc) is 2.40. The molecule has 0 saturated carbocycles. The molecule has 0 spiro atoms. The molecule has 18 heavy (non-hydrogen) atoms. The normalized spacial score (nSPS) is 10.5. The molecule has 0 aliphatic rings. The number of rotatable bonds is 6. The molecule has 0 heterocycles. The minimum Gasteiger partial charge on any atom is -0.313 e. The zero-order chi connectivity index (χ0) is 12.6. The molecule has 0 fully saturated rings. The summed E-state index contributed by atoms with van der Waals surface area (Å²) in [5.74, 6) is 0. The maximum absolute atomic E-state index is 3.49. The Morgan fingerprint density at radius 2 is 1.67 bits per heavy atom. The Hall–Kier alpha value is -1.60. The summed E-state index contributed by atoms with van der Waals surface area (Å²) in [6, 6.07) is 19.3. The van der Waals surface area contributed by atoms with Gasteiger partial charge in [0, 0.05) is 6.54 Å². The molecular formula is C17H21N. The van der Waals surface area contributed by atoms with Crippen LogP contribution in [0, 0.1) is 6.92 Å². The van der Waals surface area contributed by atoms with Crippen molar-refractivity contribution in [3.05, 3.63) is 71.3 Å². The minimum atomic E-state index is 0.967. The Kier molecular flexibility index (Phi) is 4.98. The fourth-order valence-electron chi connectivity index (χ4n) is 2.11. The fraction of sp³-hybridized carbons (Fsp3) is 0.294. The predicted molar refractivity (Wildman–Crippen MR) is 77.6 cm³/mol. The lowest BCUT2D eigenvalue weighted by atomic mass is 10.1. The summed E-state index contributed by atoms with van der Waals surface area (Å²) in [6.07, 6.45) is 2.35. The van der Waals surface area contributed by atoms with Crippen LogP contribution in [0.2, 0.25) is 0 Å². The molecule has 0 bridgehead atoms. The van der Waals surface area contributed by atoms with E-state index in [-0.39, 0.29) is 0 Å². The van der Waals surface area contributed by atoms with Crippen molar-refractivity contribution in [2.24, 2.45) is 0 Å². The first kappa shape index (κ1) is 12.8. The minimum absolute atomic E-state index is 0.967. The van der Waals surface area contributed by atoms with E-state index in [9.17, 15) is 0 Å². The van der Waals surface area contributed by atoms with Crippen LogP contribution >= 0.6 is 0 Å². The first-order chi connectivity index (χ1) is 8.84. The largest absolute Gasteiger partial charge is 0.313 e. The van der Waals surface area contributed by atoms with E-state index in [0.717, 1.165) is 19.5 Å². The topological polar surface area (TPSA) is 12.0 Å². The second-order valence-electron chi connectivity index (χ2n) is 4.75. The van der Waals surface area contributed by atoms with Crippen LogP contribution in [0.25, 0.3) is 0 Å². The molecule has 0 aliphatic heterocycles. The molecule has 94 valence electrons. The fourth-order valence-corrected chi connectivity index (χ4v) is 2.11. The highest BCUT2D eigenvalue weighted by molar-refractivity contribution is 5.22. The highest BCUT2D eigenvalue weighted by atomic mass is 14.8. The Balaban J connectivity index is 1.65. The van der Waals surface area contributed by atoms with Crippen molar-refractivity contribution in [3.63, 3.8) is 0 Å². The van der Waals surface area contributed by atoms with Crippen molar-refractivity contribution in [1.29, 1.82) is 0 Å². The second-order valence-corrected chi connectivity index (χ2v) is 4.75. The predicted octanol–water partition coefficient (Wildman–Crippen LogP) is 3.72. The first-order valence-corrected chi connectivity index (χ1v) is 6.65. The highest BCUT2D eigenvalue weighted by Crippen LogP contribution is 2.06. The van der Waals surface area contributed by atoms with E-state index in [1.54, 1.807) is 0 Å². The van der Waals surface area contributed by atoms with Crippen LogP contribution in [-0.2, 0) is 13.0 Å². The van der Waals surface area contributed by atoms with Crippen LogP contribution in [0.3, 0.4) is 0 Å². The lowest BCUT2D eigenvalue weighted by molar-refractivity contribution is 0.649. The smallest absolute Gasteiger partial charge is 0.0205 e. The third kappa shape index (κ3) is 4.34. The van der Waals surface area contributed by atoms with Crippen molar-refractivity contribution in [3.8, 4) is 0 Å². The number of benzene rings is 2. The van der Waals surface area contributed by atoms with E-state index in [2.05, 4.69) is 66.8 Å². The van der Waals surface area contributed by atoms with Gasteiger partial charge in [-0.2, -0.15) is 0 Å². The van der Waals surface area contributed by atoms with Crippen molar-refractivity contribution < 1.29 is 0 Å². The van der Waals surface area contributed by atoms with Gasteiger partial charge in [0.15, 0.2) is 0 Å². The monoisotopic (exact) mass is 239 g/mol. The molecule has 1 nitrogen and oxygen atoms in total. The maximum Gasteiger partial charge on any atom is 0.0205 e. The van der Waals surface area contributed by atoms with Gasteiger partial charge in [0.25, 0.3) is 0 Å². The van der Waals surface area contributed by atoms with Gasteiger partial charge in [0.1, 0.15) is 0 Å². The molecule has 1 N–H and O–H groups in total. The Bertz CT molecular complexity index is 462. The molecular weight excluding hydrogens is 218 g/mol. The lowest BCUT2D eigenvalue weighted by Crippen LogP contribution is -2.15. The van der Waals surface area contributed by atoms with Crippen molar-refractivity contribution in [2.75, 3.05) is 6.54 Å². The molecule has 0 aromatic heterocycles. The third-order valence-electron chi connectivity index (χ3n) is 3.07. The molecule has 2 aromatic rings. The van der Waals surface area contributed by atoms with Gasteiger partial charge in [-0.1, -0.05) is 60.2 Å². The molecule has 1 heteroatoms. The van der Waals surface area contributed by atoms with Crippen LogP contribution < -0.4 is 5.32 Å². The van der Waals surface area contributed by atoms with E-state index in [1.807, 2.05) is 0 Å². The molecule has 0 atom stereocenters. The summed E-state index contributed by atoms with van der Waals surface area (Å²) in [4.78, 5) is 0. The molecule has 0 aliphatic carbocycles. The first-order valence-electron chi connectivity index (χ1n) is 6.65. The van der Waals surface area contributed by atoms with Crippen molar-refractivity contribution >= 4 is 0 Å². The lowest BCUT2D eigenvalue weighted by Gasteiger charge is -2.05. The van der Waals surface area contributed by atoms with Gasteiger partial charge in [-0.05, 0) is 37.4 Å². The van der Waals surface area contributed by atoms with Crippen LogP contribution in [0.15, 0.2) is 54.6 Å². The number of hydrogen-bond acceptors (Lipinski definition) is 1. The number of nitrogens with one attached hydrogen (secondary N) is 1. The molecule has 2 aromatic carbocycles. The summed E-state index contributed by atoms with van der Waals surface area (Å²) in [5, 5.41) is 3.49. The summed E-state index contributed by atoms with van der Waals surface area (Å²) >= 11 is 0. The van der Waals surface area contributed by atoms with Crippen LogP contribution in [0.4, 0.5) is 0 Å². The van der Waals surface area contributed by atoms with E-state index < -0.39 is 0 Å². The average molecular weight is 239 g/mol. The number of hydrogen-bond donors (Lipinski definition) is 1. The van der Waals surface area contributed by atoms with Crippen molar-refractivity contribution in [1.82, 2.24) is 5.32 Å². The maximum atomic E-state index is 3.49. The second kappa shape index (κ2) is 6.97. The van der Waals surface area contributed by atoms with Crippen LogP contribution in [-0.4, -0.2) is 6.54 Å². The van der Waals surface area contributed by atoms with Crippen LogP contribution in [0.1, 0.15) is 23.1 Å². The van der Waals surface area contributed by atoms with E-state index in [0.29, 0.717) is 0 Å². The molecule has 0 radical (unpaired) electrons.